The van der Waals surface area contributed by atoms with Gasteiger partial charge in [0.15, 0.2) is 0 Å². The van der Waals surface area contributed by atoms with Gasteiger partial charge >= 0.3 is 0 Å². The van der Waals surface area contributed by atoms with Crippen molar-refractivity contribution < 1.29 is 0 Å². The van der Waals surface area contributed by atoms with Crippen LogP contribution in [0.5, 0.6) is 0 Å². The van der Waals surface area contributed by atoms with E-state index in [0.717, 1.165) is 17.1 Å². The lowest BCUT2D eigenvalue weighted by atomic mass is 9.78. The van der Waals surface area contributed by atoms with Gasteiger partial charge in [0.05, 0.1) is 0 Å². The van der Waals surface area contributed by atoms with Crippen molar-refractivity contribution in [1.82, 2.24) is 9.55 Å². The van der Waals surface area contributed by atoms with E-state index in [1.54, 1.807) is 0 Å². The summed E-state index contributed by atoms with van der Waals surface area (Å²) in [5.41, 5.74) is 11.3. The Morgan fingerprint density at radius 3 is 1.81 bits per heavy atom. The first kappa shape index (κ1) is 27.8. The molecule has 2 nitrogen and oxygen atoms in total. The molecule has 0 amide bonds. The van der Waals surface area contributed by atoms with Gasteiger partial charge in [0.2, 0.25) is 0 Å². The third-order valence-corrected chi connectivity index (χ3v) is 10.5. The van der Waals surface area contributed by atoms with Crippen LogP contribution in [0.2, 0.25) is 0 Å². The predicted octanol–water partition coefficient (Wildman–Crippen LogP) is 12.1. The second-order valence-electron chi connectivity index (χ2n) is 13.8. The van der Waals surface area contributed by atoms with Crippen LogP contribution in [-0.2, 0) is 5.41 Å². The van der Waals surface area contributed by atoms with Crippen molar-refractivity contribution in [3.63, 3.8) is 0 Å². The van der Waals surface area contributed by atoms with Crippen molar-refractivity contribution in [2.24, 2.45) is 0 Å². The molecule has 1 heterocycles. The van der Waals surface area contributed by atoms with Crippen molar-refractivity contribution in [1.29, 1.82) is 0 Å². The van der Waals surface area contributed by atoms with E-state index in [9.17, 15) is 0 Å². The van der Waals surface area contributed by atoms with Crippen LogP contribution < -0.4 is 0 Å². The molecule has 0 aliphatic heterocycles. The van der Waals surface area contributed by atoms with Crippen LogP contribution >= 0.6 is 0 Å². The molecule has 0 saturated carbocycles. The Hall–Kier alpha value is -5.47. The fourth-order valence-electron chi connectivity index (χ4n) is 8.06. The lowest BCUT2D eigenvalue weighted by Gasteiger charge is -2.24. The number of fused-ring (bicyclic) bond motifs is 10. The number of hydrogen-bond acceptors (Lipinski definition) is 1. The molecule has 1 aromatic heterocycles. The Bertz CT molecular complexity index is 2460. The molecular weight excluding hydrogens is 569 g/mol. The summed E-state index contributed by atoms with van der Waals surface area (Å²) in [6.45, 7) is 9.25. The Kier molecular flexibility index (Phi) is 6.08. The van der Waals surface area contributed by atoms with Gasteiger partial charge in [0.25, 0.3) is 0 Å². The minimum absolute atomic E-state index is 0.146. The molecule has 226 valence electrons. The van der Waals surface area contributed by atoms with Gasteiger partial charge in [-0.25, -0.2) is 4.98 Å². The number of rotatable bonds is 4. The largest absolute Gasteiger partial charge is 0.300 e. The highest BCUT2D eigenvalue weighted by Crippen LogP contribution is 2.54. The second kappa shape index (κ2) is 10.3. The Morgan fingerprint density at radius 2 is 1.15 bits per heavy atom. The Morgan fingerprint density at radius 1 is 0.574 bits per heavy atom. The van der Waals surface area contributed by atoms with Gasteiger partial charge in [-0.3, -0.25) is 4.57 Å². The minimum Gasteiger partial charge on any atom is -0.300 e. The molecule has 0 spiro atoms. The number of nitrogens with zero attached hydrogens (tertiary/aromatic N) is 2. The van der Waals surface area contributed by atoms with Crippen LogP contribution in [0, 0.1) is 0 Å². The summed E-state index contributed by atoms with van der Waals surface area (Å²) < 4.78 is 2.20. The molecule has 0 bridgehead atoms. The maximum absolute atomic E-state index is 4.88. The van der Waals surface area contributed by atoms with E-state index in [4.69, 9.17) is 4.98 Å². The van der Waals surface area contributed by atoms with Crippen molar-refractivity contribution >= 4 is 32.3 Å². The zero-order valence-electron chi connectivity index (χ0n) is 27.3. The average Bonchev–Trinajstić information content (AvgIpc) is 3.69. The van der Waals surface area contributed by atoms with Gasteiger partial charge in [0.1, 0.15) is 5.82 Å². The van der Waals surface area contributed by atoms with Crippen molar-refractivity contribution in [2.75, 3.05) is 0 Å². The molecule has 0 atom stereocenters. The lowest BCUT2D eigenvalue weighted by Crippen LogP contribution is -2.15. The van der Waals surface area contributed by atoms with Crippen LogP contribution in [-0.4, -0.2) is 9.55 Å². The summed E-state index contributed by atoms with van der Waals surface area (Å²) in [7, 11) is 0. The molecule has 0 radical (unpaired) electrons. The molecular formula is C45H36N2. The van der Waals surface area contributed by atoms with Gasteiger partial charge in [-0.1, -0.05) is 137 Å². The van der Waals surface area contributed by atoms with Crippen LogP contribution in [0.1, 0.15) is 50.3 Å². The van der Waals surface area contributed by atoms with E-state index in [0.29, 0.717) is 5.92 Å². The summed E-state index contributed by atoms with van der Waals surface area (Å²) in [6.07, 6.45) is 3.97. The number of imidazole rings is 1. The van der Waals surface area contributed by atoms with Gasteiger partial charge in [-0.2, -0.15) is 0 Å². The van der Waals surface area contributed by atoms with Gasteiger partial charge in [-0.05, 0) is 95.4 Å². The number of benzene rings is 7. The zero-order valence-corrected chi connectivity index (χ0v) is 27.3. The maximum atomic E-state index is 4.88. The molecule has 0 unspecified atom stereocenters. The van der Waals surface area contributed by atoms with E-state index in [2.05, 4.69) is 166 Å². The normalized spacial score (nSPS) is 13.5. The molecule has 1 aliphatic rings. The van der Waals surface area contributed by atoms with Crippen LogP contribution in [0.25, 0.3) is 71.6 Å². The quantitative estimate of drug-likeness (QED) is 0.183. The molecule has 0 N–H and O–H groups in total. The first-order chi connectivity index (χ1) is 22.9. The van der Waals surface area contributed by atoms with Crippen LogP contribution in [0.4, 0.5) is 0 Å². The van der Waals surface area contributed by atoms with Gasteiger partial charge in [0, 0.05) is 29.1 Å². The summed E-state index contributed by atoms with van der Waals surface area (Å²) in [6, 6.07) is 47.2. The Labute approximate surface area is 276 Å². The zero-order chi connectivity index (χ0) is 31.9. The second-order valence-corrected chi connectivity index (χ2v) is 13.8. The maximum Gasteiger partial charge on any atom is 0.144 e. The van der Waals surface area contributed by atoms with Crippen LogP contribution in [0.3, 0.4) is 0 Å². The summed E-state index contributed by atoms with van der Waals surface area (Å²) >= 11 is 0. The Balaban J connectivity index is 1.16. The number of hydrogen-bond donors (Lipinski definition) is 0. The molecule has 1 aliphatic carbocycles. The highest BCUT2D eigenvalue weighted by Gasteiger charge is 2.38. The van der Waals surface area contributed by atoms with Crippen molar-refractivity contribution in [2.45, 2.75) is 39.0 Å². The van der Waals surface area contributed by atoms with Crippen molar-refractivity contribution in [3.05, 3.63) is 156 Å². The summed E-state index contributed by atoms with van der Waals surface area (Å²) in [5, 5.41) is 7.98. The molecule has 9 rings (SSSR count). The molecule has 2 heteroatoms. The van der Waals surface area contributed by atoms with Crippen LogP contribution in [0.15, 0.2) is 140 Å². The first-order valence-electron chi connectivity index (χ1n) is 16.7. The fraction of sp³-hybridized carbons (Fsp3) is 0.133. The third kappa shape index (κ3) is 4.14. The lowest BCUT2D eigenvalue weighted by molar-refractivity contribution is 0.666. The molecule has 47 heavy (non-hydrogen) atoms. The van der Waals surface area contributed by atoms with Gasteiger partial charge in [-0.15, -0.1) is 0 Å². The smallest absolute Gasteiger partial charge is 0.144 e. The van der Waals surface area contributed by atoms with E-state index in [1.165, 1.54) is 71.3 Å². The van der Waals surface area contributed by atoms with Crippen molar-refractivity contribution in [3.8, 4) is 39.3 Å². The molecule has 0 fully saturated rings. The summed E-state index contributed by atoms with van der Waals surface area (Å²) in [5.74, 6) is 1.48. The monoisotopic (exact) mass is 604 g/mol. The SMILES string of the molecule is CC(C)c1ccc(-c2ccc(-n3ccnc3-c3ccc4c(c3)-c3ccc5c6ccccc6c6ccccc6c5c3C4(C)C)cc2)cc1. The minimum atomic E-state index is -0.146. The third-order valence-electron chi connectivity index (χ3n) is 10.5. The van der Waals surface area contributed by atoms with E-state index in [1.807, 2.05) is 6.20 Å². The first-order valence-corrected chi connectivity index (χ1v) is 16.7. The fourth-order valence-corrected chi connectivity index (χ4v) is 8.06. The molecule has 7 aromatic carbocycles. The summed E-state index contributed by atoms with van der Waals surface area (Å²) in [4.78, 5) is 4.88. The highest BCUT2D eigenvalue weighted by atomic mass is 15.1. The standard InChI is InChI=1S/C45H36N2/c1-28(2)29-13-15-30(16-14-29)31-17-20-33(21-18-31)47-26-25-46-44(47)32-19-24-41-40(27-32)39-23-22-38-36-11-6-5-9-34(36)35-10-7-8-12-37(35)42(38)43(39)45(41,3)4/h5-28H,1-4H3. The molecule has 0 saturated heterocycles. The topological polar surface area (TPSA) is 17.8 Å². The predicted molar refractivity (Wildman–Crippen MR) is 199 cm³/mol. The highest BCUT2D eigenvalue weighted by molar-refractivity contribution is 6.27. The number of aromatic nitrogens is 2. The van der Waals surface area contributed by atoms with E-state index < -0.39 is 0 Å². The molecule has 8 aromatic rings. The average molecular weight is 605 g/mol. The van der Waals surface area contributed by atoms with E-state index in [-0.39, 0.29) is 5.41 Å². The van der Waals surface area contributed by atoms with E-state index >= 15 is 0 Å². The van der Waals surface area contributed by atoms with Gasteiger partial charge < -0.3 is 0 Å².